The third kappa shape index (κ3) is 4.18. The van der Waals surface area contributed by atoms with Gasteiger partial charge in [-0.2, -0.15) is 13.2 Å². The lowest BCUT2D eigenvalue weighted by molar-refractivity contribution is -0.185. The lowest BCUT2D eigenvalue weighted by Crippen LogP contribution is -2.52. The average Bonchev–Trinajstić information content (AvgIpc) is 2.72. The largest absolute Gasteiger partial charge is 0.471 e. The molecule has 2 aromatic rings. The highest BCUT2D eigenvalue weighted by Gasteiger charge is 2.43. The Morgan fingerprint density at radius 3 is 2.23 bits per heavy atom. The van der Waals surface area contributed by atoms with Crippen molar-refractivity contribution in [1.29, 1.82) is 0 Å². The number of sulfone groups is 1. The van der Waals surface area contributed by atoms with Gasteiger partial charge >= 0.3 is 12.1 Å². The first-order valence-electron chi connectivity index (χ1n) is 9.06. The summed E-state index contributed by atoms with van der Waals surface area (Å²) in [7, 11) is -3.98. The molecule has 1 heterocycles. The van der Waals surface area contributed by atoms with E-state index in [4.69, 9.17) is 0 Å². The highest BCUT2D eigenvalue weighted by atomic mass is 32.2. The molecule has 0 bridgehead atoms. The molecule has 160 valence electrons. The second kappa shape index (κ2) is 8.10. The molecule has 6 nitrogen and oxygen atoms in total. The minimum absolute atomic E-state index is 0.0383. The van der Waals surface area contributed by atoms with Crippen molar-refractivity contribution in [3.05, 3.63) is 53.6 Å². The van der Waals surface area contributed by atoms with E-state index in [1.54, 1.807) is 30.0 Å². The molecule has 0 aromatic heterocycles. The topological polar surface area (TPSA) is 74.8 Å². The molecule has 1 amide bonds. The van der Waals surface area contributed by atoms with E-state index in [1.165, 1.54) is 24.3 Å². The summed E-state index contributed by atoms with van der Waals surface area (Å²) in [6.45, 7) is 1.45. The summed E-state index contributed by atoms with van der Waals surface area (Å²) in [6, 6.07) is 10.6. The molecule has 0 spiro atoms. The van der Waals surface area contributed by atoms with Crippen LogP contribution in [-0.4, -0.2) is 57.9 Å². The van der Waals surface area contributed by atoms with Gasteiger partial charge in [0.25, 0.3) is 0 Å². The fraction of sp³-hybridized carbons (Fsp3) is 0.300. The van der Waals surface area contributed by atoms with Crippen LogP contribution >= 0.6 is 0 Å². The fourth-order valence-electron chi connectivity index (χ4n) is 3.40. The predicted octanol–water partition coefficient (Wildman–Crippen LogP) is 2.85. The second-order valence-corrected chi connectivity index (χ2v) is 8.82. The van der Waals surface area contributed by atoms with E-state index in [0.29, 0.717) is 16.9 Å². The zero-order valence-electron chi connectivity index (χ0n) is 16.0. The van der Waals surface area contributed by atoms with Crippen molar-refractivity contribution < 1.29 is 31.2 Å². The summed E-state index contributed by atoms with van der Waals surface area (Å²) in [4.78, 5) is 25.4. The van der Waals surface area contributed by atoms with E-state index in [9.17, 15) is 31.2 Å². The highest BCUT2D eigenvalue weighted by Crippen LogP contribution is 2.31. The average molecular weight is 440 g/mol. The van der Waals surface area contributed by atoms with Gasteiger partial charge in [0.15, 0.2) is 6.29 Å². The third-order valence-electron chi connectivity index (χ3n) is 4.90. The quantitative estimate of drug-likeness (QED) is 0.684. The van der Waals surface area contributed by atoms with Gasteiger partial charge < -0.3 is 9.80 Å². The third-order valence-corrected chi connectivity index (χ3v) is 6.71. The molecular formula is C20H19F3N2O4S. The Balaban J connectivity index is 1.92. The number of aryl methyl sites for hydroxylation is 1. The van der Waals surface area contributed by atoms with E-state index in [1.807, 2.05) is 0 Å². The smallest absolute Gasteiger partial charge is 0.367 e. The lowest BCUT2D eigenvalue weighted by Gasteiger charge is -2.37. The molecule has 0 radical (unpaired) electrons. The minimum atomic E-state index is -4.95. The SMILES string of the molecule is Cc1cccc(S(=O)(=O)c2cccc(N3CCN(C(=O)C(F)(F)F)CC3)c2C=O)c1. The Labute approximate surface area is 171 Å². The van der Waals surface area contributed by atoms with Crippen molar-refractivity contribution in [1.82, 2.24) is 4.90 Å². The molecule has 0 N–H and O–H groups in total. The number of alkyl halides is 3. The molecule has 1 aliphatic rings. The van der Waals surface area contributed by atoms with Gasteiger partial charge in [-0.15, -0.1) is 0 Å². The first-order valence-corrected chi connectivity index (χ1v) is 10.5. The molecule has 1 saturated heterocycles. The van der Waals surface area contributed by atoms with Crippen LogP contribution < -0.4 is 4.90 Å². The van der Waals surface area contributed by atoms with Gasteiger partial charge in [-0.1, -0.05) is 18.2 Å². The second-order valence-electron chi connectivity index (χ2n) is 6.90. The number of aldehydes is 1. The zero-order valence-corrected chi connectivity index (χ0v) is 16.8. The Kier molecular flexibility index (Phi) is 5.89. The van der Waals surface area contributed by atoms with Crippen molar-refractivity contribution in [2.24, 2.45) is 0 Å². The highest BCUT2D eigenvalue weighted by molar-refractivity contribution is 7.91. The number of benzene rings is 2. The summed E-state index contributed by atoms with van der Waals surface area (Å²) in [5.74, 6) is -1.91. The fourth-order valence-corrected chi connectivity index (χ4v) is 4.95. The van der Waals surface area contributed by atoms with Gasteiger partial charge in [-0.05, 0) is 36.8 Å². The number of rotatable bonds is 4. The van der Waals surface area contributed by atoms with E-state index in [2.05, 4.69) is 0 Å². The van der Waals surface area contributed by atoms with Gasteiger partial charge in [-0.3, -0.25) is 9.59 Å². The summed E-state index contributed by atoms with van der Waals surface area (Å²) < 4.78 is 64.1. The first kappa shape index (κ1) is 21.8. The Morgan fingerprint density at radius 2 is 1.67 bits per heavy atom. The normalized spacial score (nSPS) is 15.2. The number of hydrogen-bond acceptors (Lipinski definition) is 5. The molecular weight excluding hydrogens is 421 g/mol. The van der Waals surface area contributed by atoms with E-state index >= 15 is 0 Å². The maximum atomic E-state index is 13.1. The number of halogens is 3. The molecule has 10 heteroatoms. The molecule has 2 aromatic carbocycles. The Morgan fingerprint density at radius 1 is 1.03 bits per heavy atom. The van der Waals surface area contributed by atoms with Gasteiger partial charge in [0.05, 0.1) is 15.4 Å². The van der Waals surface area contributed by atoms with Crippen LogP contribution in [0.4, 0.5) is 18.9 Å². The number of amides is 1. The number of anilines is 1. The van der Waals surface area contributed by atoms with Crippen LogP contribution in [0.15, 0.2) is 52.3 Å². The number of carbonyl (C=O) groups excluding carboxylic acids is 2. The maximum absolute atomic E-state index is 13.1. The Bertz CT molecular complexity index is 1080. The molecule has 1 aliphatic heterocycles. The van der Waals surface area contributed by atoms with E-state index < -0.39 is 21.9 Å². The van der Waals surface area contributed by atoms with Crippen LogP contribution in [0.3, 0.4) is 0 Å². The summed E-state index contributed by atoms with van der Waals surface area (Å²) in [5.41, 5.74) is 0.984. The molecule has 1 fully saturated rings. The van der Waals surface area contributed by atoms with Crippen molar-refractivity contribution in [2.45, 2.75) is 22.9 Å². The van der Waals surface area contributed by atoms with Crippen molar-refractivity contribution in [3.8, 4) is 0 Å². The molecule has 0 unspecified atom stereocenters. The van der Waals surface area contributed by atoms with Crippen LogP contribution in [0.2, 0.25) is 0 Å². The molecule has 0 saturated carbocycles. The zero-order chi connectivity index (χ0) is 22.1. The summed E-state index contributed by atoms with van der Waals surface area (Å²) >= 11 is 0. The van der Waals surface area contributed by atoms with Crippen molar-refractivity contribution in [2.75, 3.05) is 31.1 Å². The van der Waals surface area contributed by atoms with Crippen LogP contribution in [0.25, 0.3) is 0 Å². The van der Waals surface area contributed by atoms with E-state index in [0.717, 1.165) is 5.56 Å². The van der Waals surface area contributed by atoms with Gasteiger partial charge in [0.1, 0.15) is 0 Å². The van der Waals surface area contributed by atoms with Gasteiger partial charge in [-0.25, -0.2) is 8.42 Å². The number of carbonyl (C=O) groups is 2. The number of piperazine rings is 1. The summed E-state index contributed by atoms with van der Waals surface area (Å²) in [6.07, 6.45) is -4.51. The standard InChI is InChI=1S/C20H19F3N2O4S/c1-14-4-2-5-15(12-14)30(28,29)18-7-3-6-17(16(18)13-26)24-8-10-25(11-9-24)19(27)20(21,22)23/h2-7,12-13H,8-11H2,1H3. The van der Waals surface area contributed by atoms with Crippen LogP contribution in [-0.2, 0) is 14.6 Å². The van der Waals surface area contributed by atoms with E-state index in [-0.39, 0.29) is 41.5 Å². The molecule has 3 rings (SSSR count). The summed E-state index contributed by atoms with van der Waals surface area (Å²) in [5, 5.41) is 0. The van der Waals surface area contributed by atoms with Crippen LogP contribution in [0.5, 0.6) is 0 Å². The van der Waals surface area contributed by atoms with Crippen LogP contribution in [0.1, 0.15) is 15.9 Å². The monoisotopic (exact) mass is 440 g/mol. The maximum Gasteiger partial charge on any atom is 0.471 e. The molecule has 0 aliphatic carbocycles. The predicted molar refractivity (Wildman–Crippen MR) is 103 cm³/mol. The molecule has 30 heavy (non-hydrogen) atoms. The van der Waals surface area contributed by atoms with Gasteiger partial charge in [0.2, 0.25) is 9.84 Å². The minimum Gasteiger partial charge on any atom is -0.367 e. The molecule has 0 atom stereocenters. The van der Waals surface area contributed by atoms with Gasteiger partial charge in [0, 0.05) is 31.9 Å². The van der Waals surface area contributed by atoms with Crippen molar-refractivity contribution in [3.63, 3.8) is 0 Å². The Hall–Kier alpha value is -2.88. The lowest BCUT2D eigenvalue weighted by atomic mass is 10.1. The van der Waals surface area contributed by atoms with Crippen LogP contribution in [0, 0.1) is 6.92 Å². The number of nitrogens with zero attached hydrogens (tertiary/aromatic N) is 2. The van der Waals surface area contributed by atoms with Crippen molar-refractivity contribution >= 4 is 27.7 Å². The first-order chi connectivity index (χ1) is 14.1. The number of hydrogen-bond donors (Lipinski definition) is 0.